The molecule has 166 valence electrons. The molecule has 0 spiro atoms. The van der Waals surface area contributed by atoms with E-state index in [0.29, 0.717) is 6.54 Å². The van der Waals surface area contributed by atoms with Crippen LogP contribution >= 0.6 is 0 Å². The summed E-state index contributed by atoms with van der Waals surface area (Å²) in [6.45, 7) is 2.09. The van der Waals surface area contributed by atoms with Gasteiger partial charge in [0.15, 0.2) is 0 Å². The molecule has 7 heteroatoms. The molecular weight excluding hydrogens is 404 g/mol. The maximum atomic E-state index is 11.6. The summed E-state index contributed by atoms with van der Waals surface area (Å²) in [6, 6.07) is 14.7. The Balaban J connectivity index is 1.50. The molecule has 7 nitrogen and oxygen atoms in total. The van der Waals surface area contributed by atoms with Gasteiger partial charge in [-0.1, -0.05) is 36.4 Å². The number of fused-ring (bicyclic) bond motifs is 2. The van der Waals surface area contributed by atoms with E-state index in [1.807, 2.05) is 18.2 Å². The fraction of sp³-hybridized carbons (Fsp3) is 0.280. The molecule has 0 saturated heterocycles. The second-order valence-corrected chi connectivity index (χ2v) is 8.22. The number of aromatic nitrogens is 1. The van der Waals surface area contributed by atoms with Crippen molar-refractivity contribution in [1.82, 2.24) is 21.1 Å². The van der Waals surface area contributed by atoms with Gasteiger partial charge in [0.05, 0.1) is 0 Å². The van der Waals surface area contributed by atoms with E-state index in [1.54, 1.807) is 18.5 Å². The molecule has 2 aromatic carbocycles. The number of aromatic amines is 1. The number of hydroxylamine groups is 1. The number of hydrogen-bond donors (Lipinski definition) is 5. The number of carbonyl (C=O) groups excluding carboxylic acids is 2. The molecule has 0 aliphatic heterocycles. The Bertz CT molecular complexity index is 1150. The normalized spacial score (nSPS) is 16.2. The summed E-state index contributed by atoms with van der Waals surface area (Å²) in [5, 5.41) is 16.6. The van der Waals surface area contributed by atoms with Crippen molar-refractivity contribution >= 4 is 28.8 Å². The minimum absolute atomic E-state index is 0.0362. The predicted molar refractivity (Wildman–Crippen MR) is 124 cm³/mol. The zero-order valence-electron chi connectivity index (χ0n) is 18.0. The van der Waals surface area contributed by atoms with Gasteiger partial charge in [-0.15, -0.1) is 0 Å². The van der Waals surface area contributed by atoms with Crippen molar-refractivity contribution in [2.75, 3.05) is 6.54 Å². The lowest BCUT2D eigenvalue weighted by Gasteiger charge is -2.24. The summed E-state index contributed by atoms with van der Waals surface area (Å²) < 4.78 is 0. The van der Waals surface area contributed by atoms with Gasteiger partial charge in [0.25, 0.3) is 5.91 Å². The average Bonchev–Trinajstić information content (AvgIpc) is 3.39. The SMILES string of the molecule is CC(=O)NCC(Cc1c[nH]c2ccccc12)NC1CCc2cc(/C=C/C(=O)NO)ccc21. The van der Waals surface area contributed by atoms with Gasteiger partial charge in [0.2, 0.25) is 5.91 Å². The molecule has 3 aromatic rings. The first-order chi connectivity index (χ1) is 15.5. The van der Waals surface area contributed by atoms with Crippen molar-refractivity contribution in [2.45, 2.75) is 38.3 Å². The van der Waals surface area contributed by atoms with Gasteiger partial charge in [-0.25, -0.2) is 5.48 Å². The van der Waals surface area contributed by atoms with Crippen LogP contribution in [-0.4, -0.2) is 34.6 Å². The largest absolute Gasteiger partial charge is 0.361 e. The third kappa shape index (κ3) is 5.07. The highest BCUT2D eigenvalue weighted by atomic mass is 16.5. The number of carbonyl (C=O) groups is 2. The van der Waals surface area contributed by atoms with Gasteiger partial charge in [-0.05, 0) is 53.7 Å². The van der Waals surface area contributed by atoms with E-state index in [4.69, 9.17) is 5.21 Å². The second kappa shape index (κ2) is 9.80. The van der Waals surface area contributed by atoms with E-state index in [2.05, 4.69) is 46.1 Å². The maximum Gasteiger partial charge on any atom is 0.267 e. The van der Waals surface area contributed by atoms with Crippen LogP contribution in [0.15, 0.2) is 54.7 Å². The molecule has 2 amide bonds. The number of para-hydroxylation sites is 1. The van der Waals surface area contributed by atoms with Crippen molar-refractivity contribution in [3.8, 4) is 0 Å². The van der Waals surface area contributed by atoms with Crippen LogP contribution in [0.1, 0.15) is 41.6 Å². The first-order valence-electron chi connectivity index (χ1n) is 10.8. The van der Waals surface area contributed by atoms with E-state index >= 15 is 0 Å². The summed E-state index contributed by atoms with van der Waals surface area (Å²) in [7, 11) is 0. The molecule has 0 bridgehead atoms. The van der Waals surface area contributed by atoms with Gasteiger partial charge in [-0.3, -0.25) is 14.8 Å². The van der Waals surface area contributed by atoms with E-state index in [1.165, 1.54) is 28.2 Å². The zero-order valence-corrected chi connectivity index (χ0v) is 18.0. The molecule has 32 heavy (non-hydrogen) atoms. The van der Waals surface area contributed by atoms with Crippen molar-refractivity contribution in [3.63, 3.8) is 0 Å². The van der Waals surface area contributed by atoms with Crippen molar-refractivity contribution in [3.05, 3.63) is 77.0 Å². The molecule has 0 radical (unpaired) electrons. The van der Waals surface area contributed by atoms with Gasteiger partial charge in [0, 0.05) is 48.7 Å². The number of benzene rings is 2. The van der Waals surface area contributed by atoms with Crippen LogP contribution in [0.25, 0.3) is 17.0 Å². The molecule has 1 aromatic heterocycles. The van der Waals surface area contributed by atoms with E-state index in [9.17, 15) is 9.59 Å². The minimum atomic E-state index is -0.553. The molecule has 1 aliphatic rings. The topological polar surface area (TPSA) is 106 Å². The van der Waals surface area contributed by atoms with Crippen LogP contribution in [0.4, 0.5) is 0 Å². The lowest BCUT2D eigenvalue weighted by Crippen LogP contribution is -2.43. The Kier molecular flexibility index (Phi) is 6.68. The highest BCUT2D eigenvalue weighted by Crippen LogP contribution is 2.33. The van der Waals surface area contributed by atoms with Crippen LogP contribution in [0.2, 0.25) is 0 Å². The Hall–Kier alpha value is -3.42. The summed E-state index contributed by atoms with van der Waals surface area (Å²) in [5.74, 6) is -0.589. The fourth-order valence-corrected chi connectivity index (χ4v) is 4.43. The van der Waals surface area contributed by atoms with Gasteiger partial charge < -0.3 is 15.6 Å². The summed E-state index contributed by atoms with van der Waals surface area (Å²) in [4.78, 5) is 26.1. The van der Waals surface area contributed by atoms with Crippen LogP contribution in [0, 0.1) is 0 Å². The van der Waals surface area contributed by atoms with Gasteiger partial charge >= 0.3 is 0 Å². The third-order valence-corrected chi connectivity index (χ3v) is 5.96. The summed E-state index contributed by atoms with van der Waals surface area (Å²) >= 11 is 0. The lowest BCUT2D eigenvalue weighted by atomic mass is 10.0. The number of rotatable bonds is 8. The minimum Gasteiger partial charge on any atom is -0.361 e. The third-order valence-electron chi connectivity index (χ3n) is 5.96. The molecule has 1 heterocycles. The molecular formula is C25H28N4O3. The van der Waals surface area contributed by atoms with Crippen molar-refractivity contribution in [1.29, 1.82) is 0 Å². The van der Waals surface area contributed by atoms with E-state index < -0.39 is 5.91 Å². The fourth-order valence-electron chi connectivity index (χ4n) is 4.43. The highest BCUT2D eigenvalue weighted by Gasteiger charge is 2.25. The summed E-state index contributed by atoms with van der Waals surface area (Å²) in [5.41, 5.74) is 7.35. The average molecular weight is 433 g/mol. The van der Waals surface area contributed by atoms with Gasteiger partial charge in [0.1, 0.15) is 0 Å². The molecule has 5 N–H and O–H groups in total. The Morgan fingerprint density at radius 2 is 2.09 bits per heavy atom. The van der Waals surface area contributed by atoms with Crippen molar-refractivity contribution < 1.29 is 14.8 Å². The van der Waals surface area contributed by atoms with E-state index in [0.717, 1.165) is 30.3 Å². The molecule has 4 rings (SSSR count). The Labute approximate surface area is 186 Å². The first-order valence-corrected chi connectivity index (χ1v) is 10.8. The molecule has 2 unspecified atom stereocenters. The Morgan fingerprint density at radius 3 is 2.91 bits per heavy atom. The van der Waals surface area contributed by atoms with Gasteiger partial charge in [-0.2, -0.15) is 0 Å². The number of amides is 2. The number of H-pyrrole nitrogens is 1. The molecule has 0 saturated carbocycles. The predicted octanol–water partition coefficient (Wildman–Crippen LogP) is 3.01. The molecule has 1 aliphatic carbocycles. The van der Waals surface area contributed by atoms with E-state index in [-0.39, 0.29) is 18.0 Å². The Morgan fingerprint density at radius 1 is 1.25 bits per heavy atom. The highest BCUT2D eigenvalue weighted by molar-refractivity contribution is 5.90. The van der Waals surface area contributed by atoms with Crippen LogP contribution in [-0.2, 0) is 22.4 Å². The van der Waals surface area contributed by atoms with Crippen LogP contribution < -0.4 is 16.1 Å². The second-order valence-electron chi connectivity index (χ2n) is 8.22. The first kappa shape index (κ1) is 21.8. The molecule has 0 fully saturated rings. The standard InChI is InChI=1S/C25H28N4O3/c1-16(30)26-15-20(13-19-14-27-23-5-3-2-4-21(19)23)28-24-10-8-18-12-17(6-9-22(18)24)7-11-25(31)29-32/h2-7,9,11-12,14,20,24,27-28,32H,8,10,13,15H2,1H3,(H,26,30)(H,29,31)/b11-7+. The zero-order chi connectivity index (χ0) is 22.5. The van der Waals surface area contributed by atoms with Crippen LogP contribution in [0.5, 0.6) is 0 Å². The lowest BCUT2D eigenvalue weighted by molar-refractivity contribution is -0.124. The smallest absolute Gasteiger partial charge is 0.267 e. The van der Waals surface area contributed by atoms with Crippen LogP contribution in [0.3, 0.4) is 0 Å². The number of hydrogen-bond acceptors (Lipinski definition) is 4. The molecule has 2 atom stereocenters. The van der Waals surface area contributed by atoms with Crippen molar-refractivity contribution in [2.24, 2.45) is 0 Å². The summed E-state index contributed by atoms with van der Waals surface area (Å²) in [6.07, 6.45) is 7.76. The maximum absolute atomic E-state index is 11.6. The number of nitrogens with one attached hydrogen (secondary N) is 4. The number of aryl methyl sites for hydroxylation is 1. The quantitative estimate of drug-likeness (QED) is 0.214. The monoisotopic (exact) mass is 432 g/mol.